The minimum absolute atomic E-state index is 0.367. The first kappa shape index (κ1) is 13.8. The zero-order valence-electron chi connectivity index (χ0n) is 11.5. The van der Waals surface area contributed by atoms with E-state index < -0.39 is 0 Å². The number of nitrogens with one attached hydrogen (secondary N) is 1. The number of ether oxygens (including phenoxy) is 1. The summed E-state index contributed by atoms with van der Waals surface area (Å²) < 4.78 is 7.54. The summed E-state index contributed by atoms with van der Waals surface area (Å²) in [4.78, 5) is 16.4. The van der Waals surface area contributed by atoms with E-state index in [1.165, 1.54) is 13.4 Å². The van der Waals surface area contributed by atoms with Gasteiger partial charge < -0.3 is 10.1 Å². The van der Waals surface area contributed by atoms with E-state index in [2.05, 4.69) is 31.3 Å². The van der Waals surface area contributed by atoms with E-state index >= 15 is 0 Å². The molecular formula is C14H13BrN4O2. The number of methoxy groups -OCH3 is 1. The van der Waals surface area contributed by atoms with E-state index in [9.17, 15) is 4.79 Å². The summed E-state index contributed by atoms with van der Waals surface area (Å²) in [6.45, 7) is 1.83. The Hall–Kier alpha value is -2.15. The van der Waals surface area contributed by atoms with Gasteiger partial charge in [-0.05, 0) is 24.6 Å². The van der Waals surface area contributed by atoms with Gasteiger partial charge in [0, 0.05) is 10.2 Å². The number of aromatic nitrogens is 3. The molecule has 6 nitrogen and oxygen atoms in total. The van der Waals surface area contributed by atoms with Crippen LogP contribution in [0.4, 0.5) is 5.95 Å². The van der Waals surface area contributed by atoms with Gasteiger partial charge in [0.25, 0.3) is 0 Å². The first-order chi connectivity index (χ1) is 10.1. The number of carbonyl (C=O) groups excluding carboxylic acids is 1. The van der Waals surface area contributed by atoms with Gasteiger partial charge in [-0.3, -0.25) is 0 Å². The summed E-state index contributed by atoms with van der Waals surface area (Å²) in [5, 5.41) is 7.31. The van der Waals surface area contributed by atoms with Gasteiger partial charge in [-0.1, -0.05) is 28.1 Å². The maximum Gasteiger partial charge on any atom is 0.338 e. The lowest BCUT2D eigenvalue weighted by atomic mass is 9.96. The van der Waals surface area contributed by atoms with Gasteiger partial charge in [-0.2, -0.15) is 10.1 Å². The Bertz CT molecular complexity index is 738. The van der Waals surface area contributed by atoms with E-state index in [0.717, 1.165) is 10.0 Å². The Balaban J connectivity index is 2.20. The molecule has 3 rings (SSSR count). The van der Waals surface area contributed by atoms with Crippen molar-refractivity contribution >= 4 is 27.8 Å². The number of rotatable bonds is 2. The molecular weight excluding hydrogens is 336 g/mol. The standard InChI is InChI=1S/C14H13BrN4O2/c1-8-11(13(20)21-2)12(9-4-3-5-10(15)6-9)19-14(18-8)16-7-17-19/h3-7,12H,1-2H3,(H,16,17,18)/t12-/m1/s1. The minimum atomic E-state index is -0.383. The molecule has 0 unspecified atom stereocenters. The van der Waals surface area contributed by atoms with Crippen LogP contribution in [0.15, 0.2) is 46.3 Å². The van der Waals surface area contributed by atoms with Crippen molar-refractivity contribution in [3.05, 3.63) is 51.9 Å². The third-order valence-electron chi connectivity index (χ3n) is 3.36. The second kappa shape index (κ2) is 5.33. The van der Waals surface area contributed by atoms with Crippen molar-refractivity contribution in [1.82, 2.24) is 14.8 Å². The third-order valence-corrected chi connectivity index (χ3v) is 3.86. The number of nitrogens with zero attached hydrogens (tertiary/aromatic N) is 3. The molecule has 0 amide bonds. The number of fused-ring (bicyclic) bond motifs is 1. The fourth-order valence-corrected chi connectivity index (χ4v) is 2.87. The van der Waals surface area contributed by atoms with Gasteiger partial charge in [0.15, 0.2) is 0 Å². The number of hydrogen-bond donors (Lipinski definition) is 1. The molecule has 0 spiro atoms. The number of benzene rings is 1. The van der Waals surface area contributed by atoms with Gasteiger partial charge >= 0.3 is 5.97 Å². The van der Waals surface area contributed by atoms with Crippen molar-refractivity contribution in [2.45, 2.75) is 13.0 Å². The van der Waals surface area contributed by atoms with Crippen molar-refractivity contribution in [3.8, 4) is 0 Å². The molecule has 0 radical (unpaired) electrons. The molecule has 1 N–H and O–H groups in total. The van der Waals surface area contributed by atoms with Crippen molar-refractivity contribution in [2.24, 2.45) is 0 Å². The van der Waals surface area contributed by atoms with Crippen LogP contribution in [0.5, 0.6) is 0 Å². The minimum Gasteiger partial charge on any atom is -0.466 e. The lowest BCUT2D eigenvalue weighted by Gasteiger charge is -2.27. The predicted octanol–water partition coefficient (Wildman–Crippen LogP) is 2.50. The van der Waals surface area contributed by atoms with Crippen molar-refractivity contribution in [1.29, 1.82) is 0 Å². The molecule has 0 saturated carbocycles. The van der Waals surface area contributed by atoms with Crippen LogP contribution in [0, 0.1) is 0 Å². The average molecular weight is 349 g/mol. The molecule has 0 saturated heterocycles. The molecule has 1 atom stereocenters. The summed E-state index contributed by atoms with van der Waals surface area (Å²) in [5.41, 5.74) is 2.17. The van der Waals surface area contributed by atoms with E-state index in [1.807, 2.05) is 31.2 Å². The fraction of sp³-hybridized carbons (Fsp3) is 0.214. The molecule has 0 bridgehead atoms. The quantitative estimate of drug-likeness (QED) is 0.844. The SMILES string of the molecule is COC(=O)C1=C(C)Nc2ncnn2[C@@H]1c1cccc(Br)c1. The molecule has 7 heteroatoms. The topological polar surface area (TPSA) is 69.0 Å². The summed E-state index contributed by atoms with van der Waals surface area (Å²) >= 11 is 3.46. The first-order valence-corrected chi connectivity index (χ1v) is 7.12. The van der Waals surface area contributed by atoms with E-state index in [4.69, 9.17) is 4.74 Å². The fourth-order valence-electron chi connectivity index (χ4n) is 2.45. The Morgan fingerprint density at radius 3 is 3.00 bits per heavy atom. The van der Waals surface area contributed by atoms with Gasteiger partial charge in [-0.15, -0.1) is 0 Å². The number of halogens is 1. The van der Waals surface area contributed by atoms with E-state index in [1.54, 1.807) is 4.68 Å². The highest BCUT2D eigenvalue weighted by molar-refractivity contribution is 9.10. The molecule has 2 heterocycles. The highest BCUT2D eigenvalue weighted by Gasteiger charge is 2.33. The number of hydrogen-bond acceptors (Lipinski definition) is 5. The molecule has 0 fully saturated rings. The van der Waals surface area contributed by atoms with Gasteiger partial charge in [0.05, 0.1) is 12.7 Å². The van der Waals surface area contributed by atoms with Crippen LogP contribution in [0.2, 0.25) is 0 Å². The van der Waals surface area contributed by atoms with E-state index in [-0.39, 0.29) is 12.0 Å². The summed E-state index contributed by atoms with van der Waals surface area (Å²) in [6.07, 6.45) is 1.46. The zero-order chi connectivity index (χ0) is 15.0. The molecule has 108 valence electrons. The molecule has 1 aromatic carbocycles. The molecule has 2 aromatic rings. The summed E-state index contributed by atoms with van der Waals surface area (Å²) in [7, 11) is 1.37. The van der Waals surface area contributed by atoms with Crippen LogP contribution in [0.25, 0.3) is 0 Å². The van der Waals surface area contributed by atoms with Crippen LogP contribution in [0.1, 0.15) is 18.5 Å². The normalized spacial score (nSPS) is 17.2. The van der Waals surface area contributed by atoms with Gasteiger partial charge in [0.2, 0.25) is 5.95 Å². The molecule has 1 aromatic heterocycles. The van der Waals surface area contributed by atoms with Crippen LogP contribution >= 0.6 is 15.9 Å². The first-order valence-electron chi connectivity index (χ1n) is 6.33. The van der Waals surface area contributed by atoms with E-state index in [0.29, 0.717) is 17.2 Å². The third kappa shape index (κ3) is 2.33. The number of allylic oxidation sites excluding steroid dienone is 1. The Kier molecular flexibility index (Phi) is 3.50. The molecule has 1 aliphatic rings. The summed E-state index contributed by atoms with van der Waals surface area (Å²) in [6, 6.07) is 7.39. The number of carbonyl (C=O) groups is 1. The van der Waals surface area contributed by atoms with Crippen LogP contribution in [0.3, 0.4) is 0 Å². The molecule has 1 aliphatic heterocycles. The highest BCUT2D eigenvalue weighted by Crippen LogP contribution is 2.35. The largest absolute Gasteiger partial charge is 0.466 e. The van der Waals surface area contributed by atoms with Crippen molar-refractivity contribution in [3.63, 3.8) is 0 Å². The maximum absolute atomic E-state index is 12.2. The Labute approximate surface area is 130 Å². The van der Waals surface area contributed by atoms with Gasteiger partial charge in [-0.25, -0.2) is 9.48 Å². The monoisotopic (exact) mass is 348 g/mol. The lowest BCUT2D eigenvalue weighted by molar-refractivity contribution is -0.136. The number of esters is 1. The van der Waals surface area contributed by atoms with Crippen LogP contribution in [-0.2, 0) is 9.53 Å². The predicted molar refractivity (Wildman–Crippen MR) is 80.6 cm³/mol. The van der Waals surface area contributed by atoms with Crippen LogP contribution in [-0.4, -0.2) is 27.8 Å². The zero-order valence-corrected chi connectivity index (χ0v) is 13.1. The Morgan fingerprint density at radius 2 is 2.29 bits per heavy atom. The van der Waals surface area contributed by atoms with Crippen molar-refractivity contribution < 1.29 is 9.53 Å². The van der Waals surface area contributed by atoms with Gasteiger partial charge in [0.1, 0.15) is 12.4 Å². The van der Waals surface area contributed by atoms with Crippen molar-refractivity contribution in [2.75, 3.05) is 12.4 Å². The second-order valence-electron chi connectivity index (χ2n) is 4.64. The smallest absolute Gasteiger partial charge is 0.338 e. The van der Waals surface area contributed by atoms with Crippen LogP contribution < -0.4 is 5.32 Å². The number of anilines is 1. The highest BCUT2D eigenvalue weighted by atomic mass is 79.9. The molecule has 21 heavy (non-hydrogen) atoms. The second-order valence-corrected chi connectivity index (χ2v) is 5.56. The molecule has 0 aliphatic carbocycles. The lowest BCUT2D eigenvalue weighted by Crippen LogP contribution is -2.29. The average Bonchev–Trinajstić information content (AvgIpc) is 2.92. The summed E-state index contributed by atoms with van der Waals surface area (Å²) in [5.74, 6) is 0.219. The Morgan fingerprint density at radius 1 is 1.48 bits per heavy atom. The maximum atomic E-state index is 12.2.